The fourth-order valence-electron chi connectivity index (χ4n) is 3.62. The zero-order valence-electron chi connectivity index (χ0n) is 14.8. The van der Waals surface area contributed by atoms with Crippen LogP contribution in [-0.2, 0) is 0 Å². The predicted octanol–water partition coefficient (Wildman–Crippen LogP) is 7.18. The molecule has 0 spiro atoms. The van der Waals surface area contributed by atoms with E-state index in [1.165, 1.54) is 34.9 Å². The van der Waals surface area contributed by atoms with Crippen LogP contribution in [0.2, 0.25) is 0 Å². The number of halogens is 4. The molecule has 3 aromatic rings. The van der Waals surface area contributed by atoms with E-state index < -0.39 is 7.26 Å². The maximum absolute atomic E-state index is 3.61. The Labute approximate surface area is 196 Å². The Kier molecular flexibility index (Phi) is 8.17. The Morgan fingerprint density at radius 2 is 0.852 bits per heavy atom. The van der Waals surface area contributed by atoms with Gasteiger partial charge in [0.15, 0.2) is 0 Å². The summed E-state index contributed by atoms with van der Waals surface area (Å²) < 4.78 is 3.38. The third-order valence-electron chi connectivity index (χ3n) is 4.95. The Hall–Kier alpha value is 0.01000. The van der Waals surface area contributed by atoms with Gasteiger partial charge in [-0.25, -0.2) is 0 Å². The van der Waals surface area contributed by atoms with Crippen molar-refractivity contribution in [2.45, 2.75) is 12.8 Å². The summed E-state index contributed by atoms with van der Waals surface area (Å²) in [6.07, 6.45) is 3.60. The van der Waals surface area contributed by atoms with E-state index in [1.54, 1.807) is 0 Å². The van der Waals surface area contributed by atoms with Gasteiger partial charge in [0, 0.05) is 0 Å². The average molecular weight is 636 g/mol. The van der Waals surface area contributed by atoms with Crippen LogP contribution in [0.4, 0.5) is 0 Å². The SMILES string of the molecule is BrCCCC[PH](c1ccc(Br)cc1)(c1ccc(Br)cc1)c1ccc(Br)cc1. The van der Waals surface area contributed by atoms with Crippen LogP contribution in [0.5, 0.6) is 0 Å². The second-order valence-corrected chi connectivity index (χ2v) is 14.2. The van der Waals surface area contributed by atoms with Gasteiger partial charge in [-0.15, -0.1) is 0 Å². The van der Waals surface area contributed by atoms with Crippen molar-refractivity contribution >= 4 is 86.9 Å². The van der Waals surface area contributed by atoms with E-state index in [9.17, 15) is 0 Å². The standard InChI is InChI=1S/C22H21Br4P/c23-15-1-2-16-27(20-9-3-17(24)4-10-20,21-11-5-18(25)6-12-21)22-13-7-19(26)8-14-22/h3-14,27H,1-2,15-16H2. The number of alkyl halides is 1. The van der Waals surface area contributed by atoms with E-state index in [4.69, 9.17) is 0 Å². The topological polar surface area (TPSA) is 0 Å². The molecule has 0 saturated heterocycles. The van der Waals surface area contributed by atoms with Crippen LogP contribution in [0.15, 0.2) is 86.2 Å². The molecule has 3 aromatic carbocycles. The van der Waals surface area contributed by atoms with Crippen LogP contribution in [0, 0.1) is 0 Å². The summed E-state index contributed by atoms with van der Waals surface area (Å²) in [7, 11) is -2.11. The van der Waals surface area contributed by atoms with Gasteiger partial charge < -0.3 is 0 Å². The average Bonchev–Trinajstić information content (AvgIpc) is 2.68. The monoisotopic (exact) mass is 632 g/mol. The molecule has 0 nitrogen and oxygen atoms in total. The molecule has 0 N–H and O–H groups in total. The van der Waals surface area contributed by atoms with Crippen molar-refractivity contribution in [3.8, 4) is 0 Å². The zero-order valence-corrected chi connectivity index (χ0v) is 22.1. The Morgan fingerprint density at radius 3 is 1.15 bits per heavy atom. The molecule has 0 amide bonds. The van der Waals surface area contributed by atoms with Crippen LogP contribution < -0.4 is 15.9 Å². The molecular formula is C22H21Br4P. The zero-order chi connectivity index (χ0) is 19.3. The number of unbranched alkanes of at least 4 members (excludes halogenated alkanes) is 1. The van der Waals surface area contributed by atoms with E-state index in [1.807, 2.05) is 0 Å². The fourth-order valence-corrected chi connectivity index (χ4v) is 9.66. The number of hydrogen-bond donors (Lipinski definition) is 0. The summed E-state index contributed by atoms with van der Waals surface area (Å²) in [5, 5.41) is 5.44. The van der Waals surface area contributed by atoms with Gasteiger partial charge in [0.25, 0.3) is 0 Å². The normalized spacial score (nSPS) is 12.1. The maximum atomic E-state index is 3.61. The van der Waals surface area contributed by atoms with Crippen LogP contribution in [0.25, 0.3) is 0 Å². The van der Waals surface area contributed by atoms with Gasteiger partial charge in [0.1, 0.15) is 0 Å². The summed E-state index contributed by atoms with van der Waals surface area (Å²) in [4.78, 5) is 0. The molecule has 0 aliphatic heterocycles. The number of benzene rings is 3. The van der Waals surface area contributed by atoms with Crippen molar-refractivity contribution in [3.63, 3.8) is 0 Å². The van der Waals surface area contributed by atoms with E-state index in [2.05, 4.69) is 137 Å². The Morgan fingerprint density at radius 1 is 0.519 bits per heavy atom. The molecule has 27 heavy (non-hydrogen) atoms. The fraction of sp³-hybridized carbons (Fsp3) is 0.182. The predicted molar refractivity (Wildman–Crippen MR) is 138 cm³/mol. The van der Waals surface area contributed by atoms with Crippen LogP contribution in [0.1, 0.15) is 12.8 Å². The third-order valence-corrected chi connectivity index (χ3v) is 12.2. The molecule has 0 radical (unpaired) electrons. The molecule has 0 aromatic heterocycles. The van der Waals surface area contributed by atoms with Gasteiger partial charge in [0.2, 0.25) is 0 Å². The van der Waals surface area contributed by atoms with Crippen molar-refractivity contribution in [2.75, 3.05) is 11.5 Å². The van der Waals surface area contributed by atoms with E-state index in [-0.39, 0.29) is 0 Å². The summed E-state index contributed by atoms with van der Waals surface area (Å²) in [5.41, 5.74) is 0. The van der Waals surface area contributed by atoms with Gasteiger partial charge in [-0.3, -0.25) is 0 Å². The molecule has 5 heteroatoms. The first kappa shape index (κ1) is 21.7. The van der Waals surface area contributed by atoms with Gasteiger partial charge in [-0.2, -0.15) is 0 Å². The van der Waals surface area contributed by atoms with Crippen molar-refractivity contribution in [2.24, 2.45) is 0 Å². The molecule has 0 saturated carbocycles. The molecule has 3 rings (SSSR count). The van der Waals surface area contributed by atoms with Gasteiger partial charge in [-0.1, -0.05) is 0 Å². The molecule has 0 atom stereocenters. The second kappa shape index (κ2) is 10.2. The van der Waals surface area contributed by atoms with Gasteiger partial charge in [0.05, 0.1) is 0 Å². The molecular weight excluding hydrogens is 615 g/mol. The first-order valence-electron chi connectivity index (χ1n) is 8.90. The van der Waals surface area contributed by atoms with Gasteiger partial charge >= 0.3 is 197 Å². The van der Waals surface area contributed by atoms with E-state index in [0.717, 1.165) is 18.7 Å². The second-order valence-electron chi connectivity index (χ2n) is 6.57. The van der Waals surface area contributed by atoms with E-state index >= 15 is 0 Å². The van der Waals surface area contributed by atoms with Crippen molar-refractivity contribution in [1.29, 1.82) is 0 Å². The van der Waals surface area contributed by atoms with Gasteiger partial charge in [-0.05, 0) is 0 Å². The van der Waals surface area contributed by atoms with Crippen molar-refractivity contribution in [1.82, 2.24) is 0 Å². The molecule has 0 aliphatic rings. The Bertz CT molecular complexity index is 747. The summed E-state index contributed by atoms with van der Waals surface area (Å²) in [6, 6.07) is 27.0. The molecule has 0 bridgehead atoms. The number of rotatable bonds is 7. The minimum absolute atomic E-state index is 1.05. The first-order valence-corrected chi connectivity index (χ1v) is 14.6. The van der Waals surface area contributed by atoms with Crippen LogP contribution in [0.3, 0.4) is 0 Å². The molecule has 0 aliphatic carbocycles. The molecule has 0 unspecified atom stereocenters. The first-order chi connectivity index (χ1) is 13.1. The Balaban J connectivity index is 2.23. The minimum atomic E-state index is -2.11. The summed E-state index contributed by atoms with van der Waals surface area (Å²) in [6.45, 7) is 0. The molecule has 142 valence electrons. The molecule has 0 heterocycles. The number of hydrogen-bond acceptors (Lipinski definition) is 0. The van der Waals surface area contributed by atoms with Crippen LogP contribution in [-0.4, -0.2) is 11.5 Å². The molecule has 0 fully saturated rings. The van der Waals surface area contributed by atoms with Crippen molar-refractivity contribution in [3.05, 3.63) is 86.2 Å². The summed E-state index contributed by atoms with van der Waals surface area (Å²) >= 11 is 14.4. The van der Waals surface area contributed by atoms with E-state index in [0.29, 0.717) is 0 Å². The third kappa shape index (κ3) is 5.14. The summed E-state index contributed by atoms with van der Waals surface area (Å²) in [5.74, 6) is 0. The van der Waals surface area contributed by atoms with Crippen molar-refractivity contribution < 1.29 is 0 Å². The quantitative estimate of drug-likeness (QED) is 0.147. The van der Waals surface area contributed by atoms with Crippen LogP contribution >= 0.6 is 71.0 Å².